The van der Waals surface area contributed by atoms with Gasteiger partial charge in [-0.15, -0.1) is 0 Å². The molecule has 26 heavy (non-hydrogen) atoms. The second-order valence-corrected chi connectivity index (χ2v) is 6.46. The van der Waals surface area contributed by atoms with E-state index in [0.29, 0.717) is 19.5 Å². The number of halogens is 1. The third-order valence-corrected chi connectivity index (χ3v) is 4.58. The van der Waals surface area contributed by atoms with E-state index in [2.05, 4.69) is 10.1 Å². The SMILES string of the molecule is O=C(Cc1cccnc1)N1CCCn2nc(-c3ccc(F)cc3)cc2C1. The van der Waals surface area contributed by atoms with Gasteiger partial charge in [0.25, 0.3) is 0 Å². The van der Waals surface area contributed by atoms with Crippen molar-refractivity contribution >= 4 is 5.91 Å². The van der Waals surface area contributed by atoms with Gasteiger partial charge in [-0.3, -0.25) is 14.5 Å². The molecule has 0 unspecified atom stereocenters. The van der Waals surface area contributed by atoms with Gasteiger partial charge in [-0.25, -0.2) is 4.39 Å². The molecule has 0 N–H and O–H groups in total. The molecule has 3 heterocycles. The van der Waals surface area contributed by atoms with Crippen LogP contribution in [0.5, 0.6) is 0 Å². The Balaban J connectivity index is 1.52. The van der Waals surface area contributed by atoms with Crippen LogP contribution in [0.2, 0.25) is 0 Å². The minimum Gasteiger partial charge on any atom is -0.336 e. The van der Waals surface area contributed by atoms with Crippen molar-refractivity contribution in [2.24, 2.45) is 0 Å². The van der Waals surface area contributed by atoms with Crippen LogP contribution in [-0.2, 0) is 24.3 Å². The molecule has 1 aliphatic heterocycles. The van der Waals surface area contributed by atoms with Crippen molar-refractivity contribution in [3.05, 3.63) is 71.9 Å². The maximum Gasteiger partial charge on any atom is 0.227 e. The molecule has 0 saturated heterocycles. The van der Waals surface area contributed by atoms with Crippen LogP contribution in [0.25, 0.3) is 11.3 Å². The van der Waals surface area contributed by atoms with Gasteiger partial charge in [-0.05, 0) is 48.4 Å². The van der Waals surface area contributed by atoms with Gasteiger partial charge in [0.15, 0.2) is 0 Å². The summed E-state index contributed by atoms with van der Waals surface area (Å²) in [5.74, 6) is -0.169. The number of nitrogens with zero attached hydrogens (tertiary/aromatic N) is 4. The number of hydrogen-bond donors (Lipinski definition) is 0. The molecular weight excluding hydrogens is 331 g/mol. The minimum atomic E-state index is -0.262. The van der Waals surface area contributed by atoms with Gasteiger partial charge in [-0.2, -0.15) is 5.10 Å². The van der Waals surface area contributed by atoms with E-state index >= 15 is 0 Å². The Bertz CT molecular complexity index is 905. The molecule has 6 heteroatoms. The fourth-order valence-corrected chi connectivity index (χ4v) is 3.23. The molecule has 1 aromatic carbocycles. The predicted molar refractivity (Wildman–Crippen MR) is 95.6 cm³/mol. The lowest BCUT2D eigenvalue weighted by atomic mass is 10.1. The number of fused-ring (bicyclic) bond motifs is 1. The Labute approximate surface area is 151 Å². The Hall–Kier alpha value is -3.02. The lowest BCUT2D eigenvalue weighted by molar-refractivity contribution is -0.131. The first kappa shape index (κ1) is 16.4. The van der Waals surface area contributed by atoms with E-state index in [1.165, 1.54) is 12.1 Å². The van der Waals surface area contributed by atoms with E-state index in [-0.39, 0.29) is 11.7 Å². The number of benzene rings is 1. The molecule has 0 aliphatic carbocycles. The molecule has 3 aromatic rings. The fraction of sp³-hybridized carbons (Fsp3) is 0.250. The van der Waals surface area contributed by atoms with Crippen molar-refractivity contribution in [1.29, 1.82) is 0 Å². The molecule has 0 radical (unpaired) electrons. The van der Waals surface area contributed by atoms with Crippen LogP contribution in [0.4, 0.5) is 4.39 Å². The molecule has 5 nitrogen and oxygen atoms in total. The van der Waals surface area contributed by atoms with E-state index in [1.54, 1.807) is 24.5 Å². The number of carbonyl (C=O) groups is 1. The van der Waals surface area contributed by atoms with Crippen molar-refractivity contribution in [3.8, 4) is 11.3 Å². The Morgan fingerprint density at radius 1 is 1.15 bits per heavy atom. The van der Waals surface area contributed by atoms with Gasteiger partial charge in [0, 0.05) is 31.0 Å². The molecule has 1 amide bonds. The Morgan fingerprint density at radius 3 is 2.77 bits per heavy atom. The molecule has 0 atom stereocenters. The Kier molecular flexibility index (Phi) is 4.48. The smallest absolute Gasteiger partial charge is 0.227 e. The zero-order valence-corrected chi connectivity index (χ0v) is 14.3. The van der Waals surface area contributed by atoms with Gasteiger partial charge in [-0.1, -0.05) is 6.07 Å². The summed E-state index contributed by atoms with van der Waals surface area (Å²) in [5.41, 5.74) is 3.60. The number of aromatic nitrogens is 3. The predicted octanol–water partition coefficient (Wildman–Crippen LogP) is 3.06. The summed E-state index contributed by atoms with van der Waals surface area (Å²) >= 11 is 0. The largest absolute Gasteiger partial charge is 0.336 e. The Morgan fingerprint density at radius 2 is 2.00 bits per heavy atom. The molecule has 4 rings (SSSR count). The summed E-state index contributed by atoms with van der Waals surface area (Å²) in [6.07, 6.45) is 4.64. The normalized spacial score (nSPS) is 14.0. The van der Waals surface area contributed by atoms with E-state index < -0.39 is 0 Å². The van der Waals surface area contributed by atoms with Crippen LogP contribution < -0.4 is 0 Å². The zero-order valence-electron chi connectivity index (χ0n) is 14.3. The van der Waals surface area contributed by atoms with Crippen LogP contribution in [0.1, 0.15) is 17.7 Å². The van der Waals surface area contributed by atoms with Gasteiger partial charge in [0.1, 0.15) is 5.82 Å². The van der Waals surface area contributed by atoms with E-state index in [4.69, 9.17) is 0 Å². The molecule has 0 spiro atoms. The maximum absolute atomic E-state index is 13.1. The van der Waals surface area contributed by atoms with Crippen LogP contribution >= 0.6 is 0 Å². The zero-order chi connectivity index (χ0) is 17.9. The van der Waals surface area contributed by atoms with E-state index in [9.17, 15) is 9.18 Å². The first-order valence-corrected chi connectivity index (χ1v) is 8.68. The van der Waals surface area contributed by atoms with Gasteiger partial charge >= 0.3 is 0 Å². The number of pyridine rings is 1. The second kappa shape index (κ2) is 7.07. The summed E-state index contributed by atoms with van der Waals surface area (Å²) in [6, 6.07) is 12.1. The van der Waals surface area contributed by atoms with Crippen molar-refractivity contribution < 1.29 is 9.18 Å². The summed E-state index contributed by atoms with van der Waals surface area (Å²) in [5, 5.41) is 4.63. The number of hydrogen-bond acceptors (Lipinski definition) is 3. The summed E-state index contributed by atoms with van der Waals surface area (Å²) < 4.78 is 15.1. The van der Waals surface area contributed by atoms with E-state index in [1.807, 2.05) is 27.8 Å². The number of aryl methyl sites for hydroxylation is 1. The summed E-state index contributed by atoms with van der Waals surface area (Å²) in [7, 11) is 0. The van der Waals surface area contributed by atoms with Gasteiger partial charge in [0.2, 0.25) is 5.91 Å². The summed E-state index contributed by atoms with van der Waals surface area (Å²) in [6.45, 7) is 2.02. The maximum atomic E-state index is 13.1. The fourth-order valence-electron chi connectivity index (χ4n) is 3.23. The average molecular weight is 350 g/mol. The topological polar surface area (TPSA) is 51.0 Å². The molecule has 132 valence electrons. The van der Waals surface area contributed by atoms with Crippen LogP contribution in [0.3, 0.4) is 0 Å². The first-order chi connectivity index (χ1) is 12.7. The molecule has 0 fully saturated rings. The summed E-state index contributed by atoms with van der Waals surface area (Å²) in [4.78, 5) is 18.6. The van der Waals surface area contributed by atoms with Gasteiger partial charge < -0.3 is 4.90 Å². The average Bonchev–Trinajstić information content (AvgIpc) is 2.94. The molecule has 2 aromatic heterocycles. The highest BCUT2D eigenvalue weighted by atomic mass is 19.1. The highest BCUT2D eigenvalue weighted by molar-refractivity contribution is 5.78. The number of rotatable bonds is 3. The minimum absolute atomic E-state index is 0.0935. The third kappa shape index (κ3) is 3.49. The first-order valence-electron chi connectivity index (χ1n) is 8.68. The quantitative estimate of drug-likeness (QED) is 0.729. The number of amides is 1. The molecule has 0 bridgehead atoms. The third-order valence-electron chi connectivity index (χ3n) is 4.58. The molecular formula is C20H19FN4O. The van der Waals surface area contributed by atoms with Crippen molar-refractivity contribution in [3.63, 3.8) is 0 Å². The van der Waals surface area contributed by atoms with E-state index in [0.717, 1.165) is 35.5 Å². The highest BCUT2D eigenvalue weighted by Crippen LogP contribution is 2.22. The standard InChI is InChI=1S/C20H19FN4O/c21-17-6-4-16(5-7-17)19-12-18-14-24(9-2-10-25(18)23-19)20(26)11-15-3-1-8-22-13-15/h1,3-8,12-13H,2,9-11,14H2. The van der Waals surface area contributed by atoms with Crippen LogP contribution in [0.15, 0.2) is 54.9 Å². The molecule has 1 aliphatic rings. The van der Waals surface area contributed by atoms with Crippen molar-refractivity contribution in [2.75, 3.05) is 6.54 Å². The second-order valence-electron chi connectivity index (χ2n) is 6.46. The highest BCUT2D eigenvalue weighted by Gasteiger charge is 2.21. The van der Waals surface area contributed by atoms with Crippen molar-refractivity contribution in [1.82, 2.24) is 19.7 Å². The number of carbonyl (C=O) groups excluding carboxylic acids is 1. The van der Waals surface area contributed by atoms with Crippen LogP contribution in [0, 0.1) is 5.82 Å². The monoisotopic (exact) mass is 350 g/mol. The van der Waals surface area contributed by atoms with Crippen LogP contribution in [-0.4, -0.2) is 32.1 Å². The lowest BCUT2D eigenvalue weighted by Gasteiger charge is -2.20. The van der Waals surface area contributed by atoms with Crippen molar-refractivity contribution in [2.45, 2.75) is 25.9 Å². The lowest BCUT2D eigenvalue weighted by Crippen LogP contribution is -2.32. The van der Waals surface area contributed by atoms with Gasteiger partial charge in [0.05, 0.1) is 24.4 Å². The molecule has 0 saturated carbocycles.